The number of H-pyrrole nitrogens is 1. The first-order valence-corrected chi connectivity index (χ1v) is 6.25. The van der Waals surface area contributed by atoms with Gasteiger partial charge in [-0.15, -0.1) is 0 Å². The number of carbonyl (C=O) groups is 2. The highest BCUT2D eigenvalue weighted by molar-refractivity contribution is 5.99. The van der Waals surface area contributed by atoms with Crippen LogP contribution in [0.3, 0.4) is 0 Å². The van der Waals surface area contributed by atoms with Crippen molar-refractivity contribution in [1.82, 2.24) is 4.98 Å². The van der Waals surface area contributed by atoms with Crippen molar-refractivity contribution in [3.8, 4) is 0 Å². The Morgan fingerprint density at radius 2 is 2.00 bits per heavy atom. The van der Waals surface area contributed by atoms with Crippen LogP contribution in [0.5, 0.6) is 0 Å². The van der Waals surface area contributed by atoms with Crippen LogP contribution in [-0.4, -0.2) is 23.3 Å². The zero-order chi connectivity index (χ0) is 13.7. The van der Waals surface area contributed by atoms with E-state index in [9.17, 15) is 9.59 Å². The minimum Gasteiger partial charge on any atom is -0.457 e. The van der Waals surface area contributed by atoms with Gasteiger partial charge in [0.05, 0.1) is 0 Å². The van der Waals surface area contributed by atoms with Gasteiger partial charge in [-0.25, -0.2) is 0 Å². The lowest BCUT2D eigenvalue weighted by Crippen LogP contribution is -2.14. The van der Waals surface area contributed by atoms with Gasteiger partial charge in [-0.1, -0.05) is 13.8 Å². The second-order valence-electron chi connectivity index (χ2n) is 5.01. The van der Waals surface area contributed by atoms with Crippen LogP contribution < -0.4 is 0 Å². The summed E-state index contributed by atoms with van der Waals surface area (Å²) < 4.78 is 4.97. The number of ketones is 1. The summed E-state index contributed by atoms with van der Waals surface area (Å²) >= 11 is 0. The molecule has 100 valence electrons. The van der Waals surface area contributed by atoms with Crippen LogP contribution >= 0.6 is 0 Å². The first-order chi connectivity index (χ1) is 8.40. The predicted molar refractivity (Wildman–Crippen MR) is 69.6 cm³/mol. The zero-order valence-corrected chi connectivity index (χ0v) is 11.5. The molecule has 0 aliphatic rings. The number of Topliss-reactive ketones (excluding diaryl/α,β-unsaturated/α-hetero) is 1. The summed E-state index contributed by atoms with van der Waals surface area (Å²) in [5.41, 5.74) is 2.35. The Kier molecular flexibility index (Phi) is 5.13. The van der Waals surface area contributed by atoms with Crippen molar-refractivity contribution in [2.75, 3.05) is 6.61 Å². The smallest absolute Gasteiger partial charge is 0.306 e. The third kappa shape index (κ3) is 4.35. The maximum Gasteiger partial charge on any atom is 0.306 e. The highest BCUT2D eigenvalue weighted by atomic mass is 16.5. The molecule has 1 aromatic heterocycles. The topological polar surface area (TPSA) is 59.2 Å². The average Bonchev–Trinajstić information content (AvgIpc) is 2.62. The molecule has 0 fully saturated rings. The van der Waals surface area contributed by atoms with Gasteiger partial charge in [0.25, 0.3) is 0 Å². The summed E-state index contributed by atoms with van der Waals surface area (Å²) in [6.45, 7) is 7.64. The molecule has 1 N–H and O–H groups in total. The second kappa shape index (κ2) is 6.38. The molecular formula is C14H21NO3. The van der Waals surface area contributed by atoms with E-state index < -0.39 is 0 Å². The third-order valence-electron chi connectivity index (χ3n) is 2.74. The molecule has 0 spiro atoms. The molecule has 1 aromatic rings. The number of aromatic amines is 1. The number of esters is 1. The van der Waals surface area contributed by atoms with Crippen LogP contribution in [0.4, 0.5) is 0 Å². The molecule has 0 aromatic carbocycles. The maximum absolute atomic E-state index is 11.8. The Morgan fingerprint density at radius 3 is 2.50 bits per heavy atom. The first kappa shape index (κ1) is 14.5. The molecule has 0 radical (unpaired) electrons. The van der Waals surface area contributed by atoms with E-state index >= 15 is 0 Å². The van der Waals surface area contributed by atoms with E-state index in [1.54, 1.807) is 6.07 Å². The molecule has 1 heterocycles. The Bertz CT molecular complexity index is 432. The molecule has 0 bridgehead atoms. The van der Waals surface area contributed by atoms with E-state index in [0.717, 1.165) is 17.8 Å². The Morgan fingerprint density at radius 1 is 1.33 bits per heavy atom. The lowest BCUT2D eigenvalue weighted by atomic mass is 10.1. The Balaban J connectivity index is 2.42. The molecule has 0 aliphatic carbocycles. The minimum atomic E-state index is -0.304. The summed E-state index contributed by atoms with van der Waals surface area (Å²) in [5.74, 6) is -0.000438. The molecule has 1 rings (SSSR count). The van der Waals surface area contributed by atoms with E-state index in [1.807, 2.05) is 27.7 Å². The zero-order valence-electron chi connectivity index (χ0n) is 11.5. The van der Waals surface area contributed by atoms with E-state index in [0.29, 0.717) is 17.9 Å². The Labute approximate surface area is 108 Å². The fourth-order valence-corrected chi connectivity index (χ4v) is 1.72. The van der Waals surface area contributed by atoms with E-state index in [4.69, 9.17) is 4.74 Å². The second-order valence-corrected chi connectivity index (χ2v) is 5.01. The quantitative estimate of drug-likeness (QED) is 0.624. The predicted octanol–water partition coefficient (Wildman–Crippen LogP) is 2.79. The number of rotatable bonds is 6. The largest absolute Gasteiger partial charge is 0.457 e. The number of nitrogens with one attached hydrogen (secondary N) is 1. The number of hydrogen-bond donors (Lipinski definition) is 1. The normalized spacial score (nSPS) is 10.7. The van der Waals surface area contributed by atoms with Crippen molar-refractivity contribution in [3.63, 3.8) is 0 Å². The number of carbonyl (C=O) groups excluding carboxylic acids is 2. The van der Waals surface area contributed by atoms with Gasteiger partial charge in [0.15, 0.2) is 6.61 Å². The van der Waals surface area contributed by atoms with E-state index in [1.165, 1.54) is 0 Å². The standard InChI is InChI=1S/C14H21NO3/c1-9(2)5-6-14(17)18-8-13(16)12-7-10(3)15-11(12)4/h7,9,15H,5-6,8H2,1-4H3. The monoisotopic (exact) mass is 251 g/mol. The summed E-state index contributed by atoms with van der Waals surface area (Å²) in [5, 5.41) is 0. The van der Waals surface area contributed by atoms with Crippen molar-refractivity contribution < 1.29 is 14.3 Å². The van der Waals surface area contributed by atoms with Crippen molar-refractivity contribution in [3.05, 3.63) is 23.0 Å². The van der Waals surface area contributed by atoms with Crippen LogP contribution in [0.25, 0.3) is 0 Å². The number of hydrogen-bond acceptors (Lipinski definition) is 3. The van der Waals surface area contributed by atoms with E-state index in [-0.39, 0.29) is 18.4 Å². The average molecular weight is 251 g/mol. The molecule has 18 heavy (non-hydrogen) atoms. The lowest BCUT2D eigenvalue weighted by Gasteiger charge is -2.05. The Hall–Kier alpha value is -1.58. The van der Waals surface area contributed by atoms with Gasteiger partial charge in [0, 0.05) is 23.4 Å². The highest BCUT2D eigenvalue weighted by Crippen LogP contribution is 2.11. The molecule has 0 aliphatic heterocycles. The maximum atomic E-state index is 11.8. The van der Waals surface area contributed by atoms with Gasteiger partial charge in [0.2, 0.25) is 5.78 Å². The fraction of sp³-hybridized carbons (Fsp3) is 0.571. The lowest BCUT2D eigenvalue weighted by molar-refractivity contribution is -0.142. The third-order valence-corrected chi connectivity index (χ3v) is 2.74. The summed E-state index contributed by atoms with van der Waals surface area (Å²) in [7, 11) is 0. The van der Waals surface area contributed by atoms with Crippen LogP contribution in [0, 0.1) is 19.8 Å². The van der Waals surface area contributed by atoms with Gasteiger partial charge in [-0.3, -0.25) is 9.59 Å². The van der Waals surface area contributed by atoms with Gasteiger partial charge in [0.1, 0.15) is 0 Å². The van der Waals surface area contributed by atoms with Gasteiger partial charge in [-0.2, -0.15) is 0 Å². The summed E-state index contributed by atoms with van der Waals surface area (Å²) in [6.07, 6.45) is 1.16. The molecule has 0 unspecified atom stereocenters. The van der Waals surface area contributed by atoms with Crippen molar-refractivity contribution >= 4 is 11.8 Å². The van der Waals surface area contributed by atoms with Crippen molar-refractivity contribution in [2.45, 2.75) is 40.5 Å². The molecule has 4 heteroatoms. The van der Waals surface area contributed by atoms with Crippen LogP contribution in [0.2, 0.25) is 0 Å². The van der Waals surface area contributed by atoms with Gasteiger partial charge < -0.3 is 9.72 Å². The number of aryl methyl sites for hydroxylation is 2. The summed E-state index contributed by atoms with van der Waals surface area (Å²) in [4.78, 5) is 26.3. The summed E-state index contributed by atoms with van der Waals surface area (Å²) in [6, 6.07) is 1.78. The van der Waals surface area contributed by atoms with Crippen molar-refractivity contribution in [2.24, 2.45) is 5.92 Å². The van der Waals surface area contributed by atoms with Gasteiger partial charge in [-0.05, 0) is 32.3 Å². The van der Waals surface area contributed by atoms with Crippen LogP contribution in [0.15, 0.2) is 6.07 Å². The number of aromatic nitrogens is 1. The highest BCUT2D eigenvalue weighted by Gasteiger charge is 2.14. The molecule has 0 saturated carbocycles. The molecule has 4 nitrogen and oxygen atoms in total. The SMILES string of the molecule is Cc1cc(C(=O)COC(=O)CCC(C)C)c(C)[nH]1. The van der Waals surface area contributed by atoms with Crippen LogP contribution in [0.1, 0.15) is 48.4 Å². The van der Waals surface area contributed by atoms with Crippen molar-refractivity contribution in [1.29, 1.82) is 0 Å². The van der Waals surface area contributed by atoms with Crippen LogP contribution in [-0.2, 0) is 9.53 Å². The molecular weight excluding hydrogens is 230 g/mol. The first-order valence-electron chi connectivity index (χ1n) is 6.25. The fourth-order valence-electron chi connectivity index (χ4n) is 1.72. The minimum absolute atomic E-state index is 0.158. The molecule has 0 atom stereocenters. The molecule has 0 amide bonds. The number of ether oxygens (including phenoxy) is 1. The van der Waals surface area contributed by atoms with Gasteiger partial charge >= 0.3 is 5.97 Å². The van der Waals surface area contributed by atoms with E-state index in [2.05, 4.69) is 4.98 Å². The molecule has 0 saturated heterocycles.